The molecule has 0 saturated carbocycles. The predicted molar refractivity (Wildman–Crippen MR) is 263 cm³/mol. The number of rotatable bonds is 9. The van der Waals surface area contributed by atoms with Gasteiger partial charge in [0.2, 0.25) is 0 Å². The lowest BCUT2D eigenvalue weighted by atomic mass is 9.78. The number of anilines is 4. The summed E-state index contributed by atoms with van der Waals surface area (Å²) < 4.78 is 9.31. The minimum atomic E-state index is -0.310. The monoisotopic (exact) mass is 822 g/mol. The summed E-state index contributed by atoms with van der Waals surface area (Å²) in [7, 11) is 0. The van der Waals surface area contributed by atoms with E-state index in [2.05, 4.69) is 245 Å². The Balaban J connectivity index is 1.06. The molecule has 0 fully saturated rings. The largest absolute Gasteiger partial charge is 0.457 e. The molecule has 0 unspecified atom stereocenters. The molecule has 0 amide bonds. The first-order valence-corrected chi connectivity index (χ1v) is 22.1. The smallest absolute Gasteiger partial charge is 0.137 e. The average Bonchev–Trinajstić information content (AvgIpc) is 3.85. The second-order valence-electron chi connectivity index (χ2n) is 19.0. The summed E-state index contributed by atoms with van der Waals surface area (Å²) in [5.41, 5.74) is 12.5. The summed E-state index contributed by atoms with van der Waals surface area (Å²) in [6, 6.07) is 65.5. The zero-order valence-corrected chi connectivity index (χ0v) is 37.3. The van der Waals surface area contributed by atoms with Gasteiger partial charge >= 0.3 is 0 Å². The van der Waals surface area contributed by atoms with Crippen LogP contribution in [0.3, 0.4) is 0 Å². The van der Waals surface area contributed by atoms with Gasteiger partial charge in [0.05, 0.1) is 22.4 Å². The molecule has 0 N–H and O–H groups in total. The van der Waals surface area contributed by atoms with Crippen LogP contribution in [0.25, 0.3) is 27.6 Å². The normalized spacial score (nSPS) is 13.2. The van der Waals surface area contributed by atoms with Crippen LogP contribution in [0.4, 0.5) is 22.7 Å². The van der Waals surface area contributed by atoms with Crippen LogP contribution in [-0.2, 0) is 16.2 Å². The number of benzene rings is 7. The second-order valence-corrected chi connectivity index (χ2v) is 19.0. The molecule has 2 aromatic heterocycles. The average molecular weight is 823 g/mol. The minimum absolute atomic E-state index is 0.0157. The first-order chi connectivity index (χ1) is 30.4. The van der Waals surface area contributed by atoms with Crippen LogP contribution in [0, 0.1) is 0 Å². The second kappa shape index (κ2) is 15.4. The number of para-hydroxylation sites is 3. The van der Waals surface area contributed by atoms with E-state index in [9.17, 15) is 0 Å². The molecule has 7 aromatic carbocycles. The van der Waals surface area contributed by atoms with E-state index in [1.165, 1.54) is 38.9 Å². The highest BCUT2D eigenvalue weighted by Gasteiger charge is 2.32. The minimum Gasteiger partial charge on any atom is -0.457 e. The summed E-state index contributed by atoms with van der Waals surface area (Å²) in [6.45, 7) is 16.6. The van der Waals surface area contributed by atoms with Crippen LogP contribution in [0.1, 0.15) is 76.3 Å². The van der Waals surface area contributed by atoms with Crippen molar-refractivity contribution in [1.82, 2.24) is 9.55 Å². The van der Waals surface area contributed by atoms with Crippen molar-refractivity contribution in [3.63, 3.8) is 0 Å². The quantitative estimate of drug-likeness (QED) is 0.145. The van der Waals surface area contributed by atoms with Crippen LogP contribution in [0.5, 0.6) is 11.5 Å². The Bertz CT molecular complexity index is 3100. The van der Waals surface area contributed by atoms with Crippen LogP contribution >= 0.6 is 0 Å². The highest BCUT2D eigenvalue weighted by atomic mass is 16.5. The maximum atomic E-state index is 7.03. The van der Waals surface area contributed by atoms with E-state index in [0.717, 1.165) is 50.8 Å². The van der Waals surface area contributed by atoms with Crippen molar-refractivity contribution in [2.75, 3.05) is 16.5 Å². The Hall–Kier alpha value is -7.11. The molecule has 63 heavy (non-hydrogen) atoms. The molecular weight excluding hydrogens is 769 g/mol. The number of fused-ring (bicyclic) bond motifs is 4. The lowest BCUT2D eigenvalue weighted by Gasteiger charge is -2.29. The zero-order chi connectivity index (χ0) is 43.5. The number of hydrogen-bond donors (Lipinski definition) is 0. The summed E-state index contributed by atoms with van der Waals surface area (Å²) in [6.07, 6.45) is 1.93. The van der Waals surface area contributed by atoms with E-state index in [1.807, 2.05) is 6.20 Å². The fourth-order valence-corrected chi connectivity index (χ4v) is 9.32. The van der Waals surface area contributed by atoms with E-state index in [1.54, 1.807) is 0 Å². The summed E-state index contributed by atoms with van der Waals surface area (Å²) in [4.78, 5) is 9.76. The first-order valence-electron chi connectivity index (χ1n) is 22.1. The van der Waals surface area contributed by atoms with Crippen molar-refractivity contribution in [3.8, 4) is 17.3 Å². The number of hydrogen-bond acceptors (Lipinski definition) is 4. The lowest BCUT2D eigenvalue weighted by Crippen LogP contribution is -2.25. The van der Waals surface area contributed by atoms with Gasteiger partial charge in [-0.3, -0.25) is 4.57 Å². The Labute approximate surface area is 371 Å². The molecule has 1 aliphatic rings. The number of nitrogens with zero attached hydrogens (tertiary/aromatic N) is 4. The third-order valence-electron chi connectivity index (χ3n) is 13.3. The first kappa shape index (κ1) is 40.0. The SMILES string of the molecule is CC(C)(C)c1ccnc(-n2c3ccccc3c3ccc(Oc4cc(N5CN(c6ccc(C(C)(C)c7ccccc7)cc6)c6ccccc65)cc(C(C)(C)c5ccccc5)c4)cc32)c1. The van der Waals surface area contributed by atoms with Crippen LogP contribution < -0.4 is 14.5 Å². The van der Waals surface area contributed by atoms with Crippen molar-refractivity contribution in [2.45, 2.75) is 64.7 Å². The molecule has 10 rings (SSSR count). The van der Waals surface area contributed by atoms with Gasteiger partial charge in [-0.15, -0.1) is 0 Å². The molecule has 312 valence electrons. The lowest BCUT2D eigenvalue weighted by molar-refractivity contribution is 0.480. The van der Waals surface area contributed by atoms with E-state index >= 15 is 0 Å². The van der Waals surface area contributed by atoms with Crippen molar-refractivity contribution >= 4 is 44.6 Å². The van der Waals surface area contributed by atoms with Gasteiger partial charge < -0.3 is 14.5 Å². The standard InChI is InChI=1S/C58H54N4O/c1-56(2,3)43-32-33-59-55(36-43)62-51-23-15-14-22-49(51)50-31-30-47(38-54(50)62)63-48-35-44(58(6,7)41-20-12-9-13-21-41)34-46(37-48)61-39-60(52-24-16-17-25-53(52)61)45-28-26-42(27-29-45)57(4,5)40-18-10-8-11-19-40/h8-38H,39H2,1-7H3. The molecular formula is C58H54N4O. The van der Waals surface area contributed by atoms with E-state index < -0.39 is 0 Å². The molecule has 0 saturated heterocycles. The van der Waals surface area contributed by atoms with Crippen LogP contribution in [-0.4, -0.2) is 16.2 Å². The fourth-order valence-electron chi connectivity index (χ4n) is 9.32. The van der Waals surface area contributed by atoms with Gasteiger partial charge in [0.1, 0.15) is 24.0 Å². The highest BCUT2D eigenvalue weighted by Crippen LogP contribution is 2.47. The number of ether oxygens (including phenoxy) is 1. The topological polar surface area (TPSA) is 33.5 Å². The third-order valence-corrected chi connectivity index (χ3v) is 13.3. The van der Waals surface area contributed by atoms with Gasteiger partial charge in [-0.25, -0.2) is 4.98 Å². The van der Waals surface area contributed by atoms with Gasteiger partial charge in [0.25, 0.3) is 0 Å². The van der Waals surface area contributed by atoms with Gasteiger partial charge in [-0.2, -0.15) is 0 Å². The molecule has 1 aliphatic heterocycles. The molecule has 5 nitrogen and oxygen atoms in total. The number of aromatic nitrogens is 2. The molecule has 0 spiro atoms. The maximum absolute atomic E-state index is 7.03. The van der Waals surface area contributed by atoms with Crippen LogP contribution in [0.15, 0.2) is 188 Å². The van der Waals surface area contributed by atoms with Crippen molar-refractivity contribution < 1.29 is 4.74 Å². The van der Waals surface area contributed by atoms with E-state index in [4.69, 9.17) is 9.72 Å². The molecule has 0 atom stereocenters. The predicted octanol–water partition coefficient (Wildman–Crippen LogP) is 15.2. The van der Waals surface area contributed by atoms with Gasteiger partial charge in [-0.1, -0.05) is 152 Å². The van der Waals surface area contributed by atoms with E-state index in [-0.39, 0.29) is 16.2 Å². The molecule has 9 aromatic rings. The fraction of sp³-hybridized carbons (Fsp3) is 0.190. The number of pyridine rings is 1. The summed E-state index contributed by atoms with van der Waals surface area (Å²) in [5, 5.41) is 2.34. The summed E-state index contributed by atoms with van der Waals surface area (Å²) in [5.74, 6) is 2.44. The van der Waals surface area contributed by atoms with Crippen molar-refractivity contribution in [1.29, 1.82) is 0 Å². The van der Waals surface area contributed by atoms with Gasteiger partial charge in [0, 0.05) is 51.3 Å². The Morgan fingerprint density at radius 3 is 1.67 bits per heavy atom. The molecule has 0 radical (unpaired) electrons. The highest BCUT2D eigenvalue weighted by molar-refractivity contribution is 6.09. The van der Waals surface area contributed by atoms with Crippen LogP contribution in [0.2, 0.25) is 0 Å². The third kappa shape index (κ3) is 7.21. The zero-order valence-electron chi connectivity index (χ0n) is 37.3. The van der Waals surface area contributed by atoms with Crippen molar-refractivity contribution in [3.05, 3.63) is 216 Å². The molecule has 0 bridgehead atoms. The Morgan fingerprint density at radius 1 is 0.429 bits per heavy atom. The Morgan fingerprint density at radius 2 is 1.00 bits per heavy atom. The molecule has 3 heterocycles. The Kier molecular flexibility index (Phi) is 9.75. The van der Waals surface area contributed by atoms with Gasteiger partial charge in [-0.05, 0) is 100.0 Å². The molecule has 5 heteroatoms. The van der Waals surface area contributed by atoms with Crippen molar-refractivity contribution in [2.24, 2.45) is 0 Å². The van der Waals surface area contributed by atoms with E-state index in [0.29, 0.717) is 6.67 Å². The van der Waals surface area contributed by atoms with Gasteiger partial charge in [0.15, 0.2) is 0 Å². The maximum Gasteiger partial charge on any atom is 0.137 e. The molecule has 0 aliphatic carbocycles. The summed E-state index contributed by atoms with van der Waals surface area (Å²) >= 11 is 0.